The second-order valence-corrected chi connectivity index (χ2v) is 4.16. The third-order valence-corrected chi connectivity index (χ3v) is 2.82. The topological polar surface area (TPSA) is 67.9 Å². The average molecular weight is 286 g/mol. The number of nitrogens with one attached hydrogen (secondary N) is 1. The fraction of sp³-hybridized carbons (Fsp3) is 0.500. The third kappa shape index (κ3) is 3.97. The van der Waals surface area contributed by atoms with Crippen molar-refractivity contribution >= 4 is 18.1 Å². The maximum Gasteiger partial charge on any atom is 0.0729 e. The van der Waals surface area contributed by atoms with Crippen molar-refractivity contribution in [1.82, 2.24) is 19.6 Å². The van der Waals surface area contributed by atoms with E-state index in [9.17, 15) is 0 Å². The molecule has 0 amide bonds. The van der Waals surface area contributed by atoms with Gasteiger partial charge in [-0.3, -0.25) is 9.36 Å². The molecular weight excluding hydrogens is 266 g/mol. The van der Waals surface area contributed by atoms with Crippen LogP contribution in [0.4, 0.5) is 5.69 Å². The summed E-state index contributed by atoms with van der Waals surface area (Å²) in [5.41, 5.74) is 3.19. The lowest BCUT2D eigenvalue weighted by Gasteiger charge is -2.01. The number of rotatable bonds is 6. The number of halogens is 1. The van der Waals surface area contributed by atoms with Gasteiger partial charge in [0.2, 0.25) is 0 Å². The van der Waals surface area contributed by atoms with E-state index in [-0.39, 0.29) is 19.0 Å². The fourth-order valence-electron chi connectivity index (χ4n) is 1.77. The van der Waals surface area contributed by atoms with Gasteiger partial charge in [0.25, 0.3) is 0 Å². The van der Waals surface area contributed by atoms with Gasteiger partial charge in [-0.15, -0.1) is 12.4 Å². The van der Waals surface area contributed by atoms with Crippen LogP contribution >= 0.6 is 12.4 Å². The molecule has 2 N–H and O–H groups in total. The van der Waals surface area contributed by atoms with E-state index in [4.69, 9.17) is 5.11 Å². The lowest BCUT2D eigenvalue weighted by atomic mass is 10.2. The van der Waals surface area contributed by atoms with Crippen LogP contribution in [-0.2, 0) is 19.6 Å². The van der Waals surface area contributed by atoms with E-state index in [1.807, 2.05) is 17.8 Å². The van der Waals surface area contributed by atoms with E-state index in [2.05, 4.69) is 28.6 Å². The highest BCUT2D eigenvalue weighted by Crippen LogP contribution is 2.10. The minimum absolute atomic E-state index is 0. The van der Waals surface area contributed by atoms with Crippen molar-refractivity contribution in [3.63, 3.8) is 0 Å². The zero-order chi connectivity index (χ0) is 13.0. The summed E-state index contributed by atoms with van der Waals surface area (Å²) >= 11 is 0. The molecule has 0 aliphatic heterocycles. The monoisotopic (exact) mass is 285 g/mol. The van der Waals surface area contributed by atoms with Gasteiger partial charge in [0.15, 0.2) is 0 Å². The molecule has 0 unspecified atom stereocenters. The van der Waals surface area contributed by atoms with Gasteiger partial charge in [-0.25, -0.2) is 0 Å². The summed E-state index contributed by atoms with van der Waals surface area (Å²) in [7, 11) is 0. The summed E-state index contributed by atoms with van der Waals surface area (Å²) in [6.45, 7) is 6.32. The zero-order valence-electron chi connectivity index (χ0n) is 11.2. The highest BCUT2D eigenvalue weighted by atomic mass is 35.5. The van der Waals surface area contributed by atoms with E-state index in [1.54, 1.807) is 10.9 Å². The van der Waals surface area contributed by atoms with Crippen molar-refractivity contribution in [2.75, 3.05) is 11.9 Å². The van der Waals surface area contributed by atoms with Gasteiger partial charge in [-0.2, -0.15) is 10.2 Å². The number of aryl methyl sites for hydroxylation is 2. The van der Waals surface area contributed by atoms with Crippen molar-refractivity contribution in [3.05, 3.63) is 29.8 Å². The molecule has 106 valence electrons. The Bertz CT molecular complexity index is 508. The second kappa shape index (κ2) is 7.16. The number of aliphatic hydroxyl groups is 1. The summed E-state index contributed by atoms with van der Waals surface area (Å²) in [5.74, 6) is 0. The highest BCUT2D eigenvalue weighted by Gasteiger charge is 2.04. The first-order chi connectivity index (χ1) is 8.72. The second-order valence-electron chi connectivity index (χ2n) is 4.16. The Hall–Kier alpha value is -1.53. The van der Waals surface area contributed by atoms with Gasteiger partial charge in [0, 0.05) is 31.0 Å². The van der Waals surface area contributed by atoms with Gasteiger partial charge >= 0.3 is 0 Å². The Balaban J connectivity index is 0.00000180. The summed E-state index contributed by atoms with van der Waals surface area (Å²) in [6, 6.07) is 0. The zero-order valence-corrected chi connectivity index (χ0v) is 12.0. The van der Waals surface area contributed by atoms with Gasteiger partial charge < -0.3 is 10.4 Å². The molecule has 2 rings (SSSR count). The highest BCUT2D eigenvalue weighted by molar-refractivity contribution is 5.85. The summed E-state index contributed by atoms with van der Waals surface area (Å²) in [5, 5.41) is 20.6. The number of hydrogen-bond acceptors (Lipinski definition) is 4. The van der Waals surface area contributed by atoms with Crippen LogP contribution in [0, 0.1) is 6.92 Å². The molecule has 0 aromatic carbocycles. The van der Waals surface area contributed by atoms with E-state index in [0.717, 1.165) is 24.5 Å². The van der Waals surface area contributed by atoms with Crippen LogP contribution < -0.4 is 5.32 Å². The first-order valence-electron chi connectivity index (χ1n) is 6.13. The average Bonchev–Trinajstić information content (AvgIpc) is 2.94. The molecule has 19 heavy (non-hydrogen) atoms. The van der Waals surface area contributed by atoms with Crippen LogP contribution in [0.5, 0.6) is 0 Å². The molecule has 0 saturated carbocycles. The Morgan fingerprint density at radius 1 is 1.32 bits per heavy atom. The predicted octanol–water partition coefficient (Wildman–Crippen LogP) is 1.43. The van der Waals surface area contributed by atoms with Crippen LogP contribution in [0.2, 0.25) is 0 Å². The van der Waals surface area contributed by atoms with Crippen LogP contribution in [0.3, 0.4) is 0 Å². The van der Waals surface area contributed by atoms with Crippen LogP contribution in [0.1, 0.15) is 18.2 Å². The molecule has 7 heteroatoms. The quantitative estimate of drug-likeness (QED) is 0.843. The normalized spacial score (nSPS) is 10.3. The standard InChI is InChI=1S/C12H19N5O.ClH/c1-3-16-8-11(10(2)15-16)6-13-12-7-14-17(9-12)4-5-18;/h7-9,13,18H,3-6H2,1-2H3;1H. The summed E-state index contributed by atoms with van der Waals surface area (Å²) in [6.07, 6.45) is 5.70. The first kappa shape index (κ1) is 15.5. The smallest absolute Gasteiger partial charge is 0.0729 e. The Labute approximate surface area is 118 Å². The van der Waals surface area contributed by atoms with Crippen molar-refractivity contribution < 1.29 is 5.11 Å². The first-order valence-corrected chi connectivity index (χ1v) is 6.13. The molecule has 0 atom stereocenters. The predicted molar refractivity (Wildman–Crippen MR) is 76.5 cm³/mol. The lowest BCUT2D eigenvalue weighted by Crippen LogP contribution is -2.02. The van der Waals surface area contributed by atoms with E-state index < -0.39 is 0 Å². The molecule has 0 radical (unpaired) electrons. The SMILES string of the molecule is CCn1cc(CNc2cnn(CCO)c2)c(C)n1.Cl. The Morgan fingerprint density at radius 3 is 2.74 bits per heavy atom. The minimum Gasteiger partial charge on any atom is -0.394 e. The molecule has 2 aromatic rings. The van der Waals surface area contributed by atoms with Crippen LogP contribution in [-0.4, -0.2) is 31.3 Å². The van der Waals surface area contributed by atoms with E-state index >= 15 is 0 Å². The number of aromatic nitrogens is 4. The molecular formula is C12H20ClN5O. The van der Waals surface area contributed by atoms with Gasteiger partial charge in [-0.05, 0) is 13.8 Å². The van der Waals surface area contributed by atoms with Crippen molar-refractivity contribution in [2.24, 2.45) is 0 Å². The molecule has 0 bridgehead atoms. The number of nitrogens with zero attached hydrogens (tertiary/aromatic N) is 4. The maximum atomic E-state index is 8.81. The van der Waals surface area contributed by atoms with Gasteiger partial charge in [0.1, 0.15) is 0 Å². The van der Waals surface area contributed by atoms with E-state index in [0.29, 0.717) is 6.54 Å². The van der Waals surface area contributed by atoms with Gasteiger partial charge in [0.05, 0.1) is 30.7 Å². The Morgan fingerprint density at radius 2 is 2.11 bits per heavy atom. The lowest BCUT2D eigenvalue weighted by molar-refractivity contribution is 0.269. The fourth-order valence-corrected chi connectivity index (χ4v) is 1.77. The molecule has 0 aliphatic rings. The Kier molecular flexibility index (Phi) is 5.85. The van der Waals surface area contributed by atoms with E-state index in [1.165, 1.54) is 5.56 Å². The molecule has 2 aromatic heterocycles. The van der Waals surface area contributed by atoms with Crippen molar-refractivity contribution in [2.45, 2.75) is 33.5 Å². The maximum absolute atomic E-state index is 8.81. The molecule has 0 aliphatic carbocycles. The molecule has 0 spiro atoms. The summed E-state index contributed by atoms with van der Waals surface area (Å²) in [4.78, 5) is 0. The van der Waals surface area contributed by atoms with Crippen molar-refractivity contribution in [3.8, 4) is 0 Å². The molecule has 2 heterocycles. The molecule has 6 nitrogen and oxygen atoms in total. The van der Waals surface area contributed by atoms with Crippen molar-refractivity contribution in [1.29, 1.82) is 0 Å². The van der Waals surface area contributed by atoms with Crippen LogP contribution in [0.15, 0.2) is 18.6 Å². The van der Waals surface area contributed by atoms with Crippen LogP contribution in [0.25, 0.3) is 0 Å². The minimum atomic E-state index is 0. The molecule has 0 fully saturated rings. The number of aliphatic hydroxyl groups excluding tert-OH is 1. The van der Waals surface area contributed by atoms with Gasteiger partial charge in [-0.1, -0.05) is 0 Å². The third-order valence-electron chi connectivity index (χ3n) is 2.82. The number of hydrogen-bond donors (Lipinski definition) is 2. The molecule has 0 saturated heterocycles. The largest absolute Gasteiger partial charge is 0.394 e. The summed E-state index contributed by atoms with van der Waals surface area (Å²) < 4.78 is 3.65. The number of anilines is 1.